The van der Waals surface area contributed by atoms with Gasteiger partial charge in [-0.1, -0.05) is 0 Å². The maximum absolute atomic E-state index is 7.22. The number of amidine groups is 1. The third-order valence-electron chi connectivity index (χ3n) is 2.26. The van der Waals surface area contributed by atoms with Crippen molar-refractivity contribution in [1.82, 2.24) is 9.97 Å². The molecule has 0 aliphatic heterocycles. The molecule has 7 heteroatoms. The molecule has 0 aliphatic rings. The van der Waals surface area contributed by atoms with E-state index in [1.807, 2.05) is 0 Å². The smallest absolute Gasteiger partial charge is 0.237 e. The number of nitrogen functional groups attached to an aromatic ring is 1. The van der Waals surface area contributed by atoms with E-state index in [4.69, 9.17) is 20.6 Å². The molecular weight excluding hydrogens is 312 g/mol. The number of methoxy groups -OCH3 is 1. The highest BCUT2D eigenvalue weighted by Crippen LogP contribution is 2.31. The highest BCUT2D eigenvalue weighted by atomic mass is 79.9. The SMILES string of the molecule is COc1ccc(Oc2cnc(C(=N)N)cn2)c(Br)c1. The number of nitrogens with two attached hydrogens (primary N) is 1. The Morgan fingerprint density at radius 1 is 1.32 bits per heavy atom. The third-order valence-corrected chi connectivity index (χ3v) is 2.88. The molecule has 0 fully saturated rings. The summed E-state index contributed by atoms with van der Waals surface area (Å²) in [5.41, 5.74) is 5.60. The lowest BCUT2D eigenvalue weighted by atomic mass is 10.3. The number of aromatic nitrogens is 2. The van der Waals surface area contributed by atoms with E-state index in [9.17, 15) is 0 Å². The van der Waals surface area contributed by atoms with Gasteiger partial charge in [-0.3, -0.25) is 5.41 Å². The second-order valence-corrected chi connectivity index (χ2v) is 4.41. The van der Waals surface area contributed by atoms with Gasteiger partial charge in [0.05, 0.1) is 24.0 Å². The minimum absolute atomic E-state index is 0.135. The van der Waals surface area contributed by atoms with Crippen LogP contribution in [0.5, 0.6) is 17.4 Å². The Balaban J connectivity index is 2.19. The molecule has 0 aliphatic carbocycles. The molecule has 0 atom stereocenters. The molecule has 19 heavy (non-hydrogen) atoms. The number of hydrogen-bond donors (Lipinski definition) is 2. The number of hydrogen-bond acceptors (Lipinski definition) is 5. The highest BCUT2D eigenvalue weighted by Gasteiger charge is 2.06. The topological polar surface area (TPSA) is 94.1 Å². The first kappa shape index (κ1) is 13.3. The molecule has 1 heterocycles. The van der Waals surface area contributed by atoms with Gasteiger partial charge < -0.3 is 15.2 Å². The van der Waals surface area contributed by atoms with Gasteiger partial charge in [-0.25, -0.2) is 9.97 Å². The zero-order valence-electron chi connectivity index (χ0n) is 10.1. The zero-order valence-corrected chi connectivity index (χ0v) is 11.6. The molecule has 6 nitrogen and oxygen atoms in total. The highest BCUT2D eigenvalue weighted by molar-refractivity contribution is 9.10. The largest absolute Gasteiger partial charge is 0.497 e. The molecule has 2 aromatic rings. The van der Waals surface area contributed by atoms with E-state index in [0.717, 1.165) is 10.2 Å². The molecule has 0 saturated carbocycles. The summed E-state index contributed by atoms with van der Waals surface area (Å²) in [5, 5.41) is 7.22. The number of nitrogens with zero attached hydrogens (tertiary/aromatic N) is 2. The normalized spacial score (nSPS) is 10.0. The van der Waals surface area contributed by atoms with Gasteiger partial charge in [-0.2, -0.15) is 0 Å². The second-order valence-electron chi connectivity index (χ2n) is 3.55. The number of halogens is 1. The summed E-state index contributed by atoms with van der Waals surface area (Å²) in [4.78, 5) is 7.98. The molecule has 3 N–H and O–H groups in total. The fourth-order valence-electron chi connectivity index (χ4n) is 1.31. The maximum atomic E-state index is 7.22. The van der Waals surface area contributed by atoms with E-state index >= 15 is 0 Å². The minimum atomic E-state index is -0.135. The van der Waals surface area contributed by atoms with Crippen LogP contribution in [-0.2, 0) is 0 Å². The first-order valence-electron chi connectivity index (χ1n) is 5.28. The monoisotopic (exact) mass is 322 g/mol. The summed E-state index contributed by atoms with van der Waals surface area (Å²) >= 11 is 3.38. The van der Waals surface area contributed by atoms with E-state index < -0.39 is 0 Å². The third kappa shape index (κ3) is 3.19. The molecule has 0 spiro atoms. The molecule has 2 rings (SSSR count). The van der Waals surface area contributed by atoms with Gasteiger partial charge in [0, 0.05) is 0 Å². The van der Waals surface area contributed by atoms with E-state index in [2.05, 4.69) is 25.9 Å². The number of benzene rings is 1. The molecule has 0 radical (unpaired) electrons. The molecule has 1 aromatic carbocycles. The summed E-state index contributed by atoms with van der Waals surface area (Å²) in [6, 6.07) is 5.31. The second kappa shape index (κ2) is 5.66. The Morgan fingerprint density at radius 3 is 2.63 bits per heavy atom. The van der Waals surface area contributed by atoms with Crippen LogP contribution < -0.4 is 15.2 Å². The fraction of sp³-hybridized carbons (Fsp3) is 0.0833. The Labute approximate surface area is 118 Å². The minimum Gasteiger partial charge on any atom is -0.497 e. The average molecular weight is 323 g/mol. The van der Waals surface area contributed by atoms with Crippen molar-refractivity contribution >= 4 is 21.8 Å². The van der Waals surface area contributed by atoms with Gasteiger partial charge in [0.15, 0.2) is 0 Å². The first-order chi connectivity index (χ1) is 9.10. The Kier molecular flexibility index (Phi) is 3.96. The van der Waals surface area contributed by atoms with Crippen LogP contribution in [0.15, 0.2) is 35.1 Å². The summed E-state index contributed by atoms with van der Waals surface area (Å²) in [5.74, 6) is 1.49. The van der Waals surface area contributed by atoms with Gasteiger partial charge in [0.2, 0.25) is 5.88 Å². The summed E-state index contributed by atoms with van der Waals surface area (Å²) in [7, 11) is 1.59. The van der Waals surface area contributed by atoms with Crippen molar-refractivity contribution in [2.45, 2.75) is 0 Å². The molecular formula is C12H11BrN4O2. The first-order valence-corrected chi connectivity index (χ1v) is 6.07. The molecule has 0 unspecified atom stereocenters. The Bertz CT molecular complexity index is 601. The van der Waals surface area contributed by atoms with E-state index in [-0.39, 0.29) is 5.84 Å². The van der Waals surface area contributed by atoms with E-state index in [1.165, 1.54) is 12.4 Å². The number of ether oxygens (including phenoxy) is 2. The predicted molar refractivity (Wildman–Crippen MR) is 73.8 cm³/mol. The average Bonchev–Trinajstić information content (AvgIpc) is 2.41. The van der Waals surface area contributed by atoms with Crippen LogP contribution in [-0.4, -0.2) is 22.9 Å². The van der Waals surface area contributed by atoms with Crippen molar-refractivity contribution in [3.05, 3.63) is 40.8 Å². The van der Waals surface area contributed by atoms with E-state index in [1.54, 1.807) is 25.3 Å². The molecule has 98 valence electrons. The van der Waals surface area contributed by atoms with Gasteiger partial charge in [-0.15, -0.1) is 0 Å². The fourth-order valence-corrected chi connectivity index (χ4v) is 1.75. The van der Waals surface area contributed by atoms with Crippen molar-refractivity contribution in [3.63, 3.8) is 0 Å². The Morgan fingerprint density at radius 2 is 2.11 bits per heavy atom. The molecule has 0 saturated heterocycles. The lowest BCUT2D eigenvalue weighted by Gasteiger charge is -2.08. The maximum Gasteiger partial charge on any atom is 0.237 e. The zero-order chi connectivity index (χ0) is 13.8. The molecule has 0 bridgehead atoms. The Hall–Kier alpha value is -2.15. The van der Waals surface area contributed by atoms with Crippen LogP contribution in [0.25, 0.3) is 0 Å². The van der Waals surface area contributed by atoms with E-state index in [0.29, 0.717) is 17.3 Å². The van der Waals surface area contributed by atoms with Crippen molar-refractivity contribution in [2.75, 3.05) is 7.11 Å². The van der Waals surface area contributed by atoms with Gasteiger partial charge in [-0.05, 0) is 34.1 Å². The van der Waals surface area contributed by atoms with Gasteiger partial charge in [0.25, 0.3) is 0 Å². The van der Waals surface area contributed by atoms with Crippen LogP contribution in [0, 0.1) is 5.41 Å². The summed E-state index contributed by atoms with van der Waals surface area (Å²) < 4.78 is 11.4. The van der Waals surface area contributed by atoms with Crippen LogP contribution in [0.2, 0.25) is 0 Å². The standard InChI is InChI=1S/C12H11BrN4O2/c1-18-7-2-3-10(8(13)4-7)19-11-6-16-9(5-17-11)12(14)15/h2-6H,1H3,(H3,14,15). The lowest BCUT2D eigenvalue weighted by molar-refractivity contribution is 0.411. The van der Waals surface area contributed by atoms with Crippen LogP contribution in [0.1, 0.15) is 5.69 Å². The van der Waals surface area contributed by atoms with Crippen LogP contribution >= 0.6 is 15.9 Å². The van der Waals surface area contributed by atoms with Gasteiger partial charge >= 0.3 is 0 Å². The molecule has 1 aromatic heterocycles. The molecule has 0 amide bonds. The van der Waals surface area contributed by atoms with Crippen molar-refractivity contribution < 1.29 is 9.47 Å². The van der Waals surface area contributed by atoms with Crippen molar-refractivity contribution in [2.24, 2.45) is 5.73 Å². The summed E-state index contributed by atoms with van der Waals surface area (Å²) in [6.45, 7) is 0. The lowest BCUT2D eigenvalue weighted by Crippen LogP contribution is -2.13. The van der Waals surface area contributed by atoms with Gasteiger partial charge in [0.1, 0.15) is 23.0 Å². The van der Waals surface area contributed by atoms with Crippen molar-refractivity contribution in [3.8, 4) is 17.4 Å². The predicted octanol–water partition coefficient (Wildman–Crippen LogP) is 2.32. The van der Waals surface area contributed by atoms with Crippen LogP contribution in [0.4, 0.5) is 0 Å². The number of rotatable bonds is 4. The van der Waals surface area contributed by atoms with Crippen molar-refractivity contribution in [1.29, 1.82) is 5.41 Å². The number of nitrogens with one attached hydrogen (secondary N) is 1. The summed E-state index contributed by atoms with van der Waals surface area (Å²) in [6.07, 6.45) is 2.79. The van der Waals surface area contributed by atoms with Crippen LogP contribution in [0.3, 0.4) is 0 Å². The quantitative estimate of drug-likeness (QED) is 0.665.